The maximum Gasteiger partial charge on any atom is 0.225 e. The smallest absolute Gasteiger partial charge is 0.225 e. The van der Waals surface area contributed by atoms with Gasteiger partial charge in [-0.2, -0.15) is 5.21 Å². The van der Waals surface area contributed by atoms with Gasteiger partial charge in [0.15, 0.2) is 5.82 Å². The molecule has 1 atom stereocenters. The number of nitrogens with one attached hydrogen (secondary N) is 3. The Morgan fingerprint density at radius 3 is 3.00 bits per heavy atom. The third-order valence-electron chi connectivity index (χ3n) is 3.95. The Morgan fingerprint density at radius 1 is 1.39 bits per heavy atom. The van der Waals surface area contributed by atoms with E-state index in [9.17, 15) is 4.79 Å². The SMILES string of the molecule is CCC[C@H](NC(=O)Cc1c[nH]c2c(C)cccc12)c1nn[nH]n1. The number of hydrogen-bond donors (Lipinski definition) is 3. The topological polar surface area (TPSA) is 99.4 Å². The molecule has 120 valence electrons. The number of tetrazole rings is 1. The van der Waals surface area contributed by atoms with Crippen LogP contribution in [0, 0.1) is 6.92 Å². The molecule has 7 nitrogen and oxygen atoms in total. The predicted octanol–water partition coefficient (Wildman–Crippen LogP) is 2.19. The molecule has 0 spiro atoms. The van der Waals surface area contributed by atoms with E-state index in [1.165, 1.54) is 5.56 Å². The van der Waals surface area contributed by atoms with Crippen molar-refractivity contribution < 1.29 is 4.79 Å². The molecule has 0 saturated carbocycles. The van der Waals surface area contributed by atoms with Crippen molar-refractivity contribution in [2.75, 3.05) is 0 Å². The summed E-state index contributed by atoms with van der Waals surface area (Å²) in [5, 5.41) is 18.0. The summed E-state index contributed by atoms with van der Waals surface area (Å²) in [7, 11) is 0. The number of aromatic amines is 2. The maximum absolute atomic E-state index is 12.4. The molecule has 2 heterocycles. The zero-order valence-corrected chi connectivity index (χ0v) is 13.3. The zero-order chi connectivity index (χ0) is 16.2. The fourth-order valence-electron chi connectivity index (χ4n) is 2.80. The second-order valence-corrected chi connectivity index (χ2v) is 5.67. The largest absolute Gasteiger partial charge is 0.361 e. The van der Waals surface area contributed by atoms with Crippen LogP contribution in [-0.4, -0.2) is 31.5 Å². The Hall–Kier alpha value is -2.70. The average molecular weight is 312 g/mol. The molecule has 0 saturated heterocycles. The van der Waals surface area contributed by atoms with Gasteiger partial charge in [-0.25, -0.2) is 0 Å². The molecule has 7 heteroatoms. The Kier molecular flexibility index (Phi) is 4.36. The summed E-state index contributed by atoms with van der Waals surface area (Å²) in [5.41, 5.74) is 3.24. The lowest BCUT2D eigenvalue weighted by Crippen LogP contribution is -2.30. The first-order chi connectivity index (χ1) is 11.2. The molecule has 3 N–H and O–H groups in total. The molecule has 0 radical (unpaired) electrons. The fraction of sp³-hybridized carbons (Fsp3) is 0.375. The summed E-state index contributed by atoms with van der Waals surface area (Å²) in [6.07, 6.45) is 3.92. The molecule has 1 aromatic carbocycles. The van der Waals surface area contributed by atoms with Crippen LogP contribution in [0.25, 0.3) is 10.9 Å². The number of hydrogen-bond acceptors (Lipinski definition) is 4. The molecule has 3 aromatic rings. The minimum atomic E-state index is -0.210. The van der Waals surface area contributed by atoms with Crippen LogP contribution in [0.3, 0.4) is 0 Å². The number of amides is 1. The minimum Gasteiger partial charge on any atom is -0.361 e. The van der Waals surface area contributed by atoms with Crippen LogP contribution in [0.5, 0.6) is 0 Å². The van der Waals surface area contributed by atoms with Crippen LogP contribution in [0.2, 0.25) is 0 Å². The highest BCUT2D eigenvalue weighted by atomic mass is 16.1. The molecule has 0 unspecified atom stereocenters. The standard InChI is InChI=1S/C16H20N6O/c1-3-5-13(16-19-21-22-20-16)18-14(23)8-11-9-17-15-10(2)6-4-7-12(11)15/h4,6-7,9,13,17H,3,5,8H2,1-2H3,(H,18,23)(H,19,20,21,22)/t13-/m0/s1. The van der Waals surface area contributed by atoms with Crippen molar-refractivity contribution in [1.82, 2.24) is 30.9 Å². The van der Waals surface area contributed by atoms with Crippen molar-refractivity contribution in [3.05, 3.63) is 41.3 Å². The lowest BCUT2D eigenvalue weighted by Gasteiger charge is -2.14. The average Bonchev–Trinajstić information content (AvgIpc) is 3.18. The summed E-state index contributed by atoms with van der Waals surface area (Å²) in [5.74, 6) is 0.477. The number of aryl methyl sites for hydroxylation is 1. The van der Waals surface area contributed by atoms with Gasteiger partial charge in [-0.15, -0.1) is 10.2 Å². The first-order valence-corrected chi connectivity index (χ1v) is 7.77. The van der Waals surface area contributed by atoms with Crippen LogP contribution in [0.4, 0.5) is 0 Å². The number of fused-ring (bicyclic) bond motifs is 1. The van der Waals surface area contributed by atoms with Crippen molar-refractivity contribution in [3.63, 3.8) is 0 Å². The number of nitrogens with zero attached hydrogens (tertiary/aromatic N) is 3. The number of rotatable bonds is 6. The van der Waals surface area contributed by atoms with Gasteiger partial charge in [0, 0.05) is 17.1 Å². The van der Waals surface area contributed by atoms with Crippen LogP contribution in [-0.2, 0) is 11.2 Å². The van der Waals surface area contributed by atoms with Crippen molar-refractivity contribution >= 4 is 16.8 Å². The molecule has 0 aliphatic rings. The lowest BCUT2D eigenvalue weighted by atomic mass is 10.1. The van der Waals surface area contributed by atoms with Gasteiger partial charge >= 0.3 is 0 Å². The van der Waals surface area contributed by atoms with Gasteiger partial charge in [-0.05, 0) is 24.5 Å². The van der Waals surface area contributed by atoms with Crippen molar-refractivity contribution in [3.8, 4) is 0 Å². The van der Waals surface area contributed by atoms with Gasteiger partial charge in [0.2, 0.25) is 5.91 Å². The summed E-state index contributed by atoms with van der Waals surface area (Å²) in [6.45, 7) is 4.11. The molecule has 0 fully saturated rings. The zero-order valence-electron chi connectivity index (χ0n) is 13.3. The number of carbonyl (C=O) groups is 1. The second-order valence-electron chi connectivity index (χ2n) is 5.67. The number of para-hydroxylation sites is 1. The van der Waals surface area contributed by atoms with Crippen LogP contribution in [0.15, 0.2) is 24.4 Å². The molecule has 3 rings (SSSR count). The van der Waals surface area contributed by atoms with E-state index >= 15 is 0 Å². The van der Waals surface area contributed by atoms with Gasteiger partial charge in [0.1, 0.15) is 0 Å². The quantitative estimate of drug-likeness (QED) is 0.649. The van der Waals surface area contributed by atoms with Crippen molar-refractivity contribution in [1.29, 1.82) is 0 Å². The Bertz CT molecular complexity index is 792. The van der Waals surface area contributed by atoms with Gasteiger partial charge in [0.05, 0.1) is 12.5 Å². The molecule has 0 aliphatic heterocycles. The van der Waals surface area contributed by atoms with E-state index in [1.807, 2.05) is 18.3 Å². The fourth-order valence-corrected chi connectivity index (χ4v) is 2.80. The highest BCUT2D eigenvalue weighted by molar-refractivity contribution is 5.90. The van der Waals surface area contributed by atoms with Crippen LogP contribution >= 0.6 is 0 Å². The number of aromatic nitrogens is 5. The van der Waals surface area contributed by atoms with Gasteiger partial charge < -0.3 is 10.3 Å². The predicted molar refractivity (Wildman–Crippen MR) is 86.7 cm³/mol. The third kappa shape index (κ3) is 3.23. The van der Waals surface area contributed by atoms with E-state index in [0.29, 0.717) is 12.2 Å². The Balaban J connectivity index is 1.74. The van der Waals surface area contributed by atoms with E-state index in [4.69, 9.17) is 0 Å². The maximum atomic E-state index is 12.4. The monoisotopic (exact) mass is 312 g/mol. The van der Waals surface area contributed by atoms with Gasteiger partial charge in [0.25, 0.3) is 0 Å². The second kappa shape index (κ2) is 6.60. The van der Waals surface area contributed by atoms with Gasteiger partial charge in [-0.3, -0.25) is 4.79 Å². The number of H-pyrrole nitrogens is 2. The van der Waals surface area contributed by atoms with E-state index < -0.39 is 0 Å². The normalized spacial score (nSPS) is 12.4. The summed E-state index contributed by atoms with van der Waals surface area (Å²) >= 11 is 0. The van der Waals surface area contributed by atoms with Crippen LogP contribution in [0.1, 0.15) is 42.8 Å². The Labute approximate surface area is 133 Å². The Morgan fingerprint density at radius 2 is 2.26 bits per heavy atom. The highest BCUT2D eigenvalue weighted by Gasteiger charge is 2.19. The van der Waals surface area contributed by atoms with Crippen molar-refractivity contribution in [2.24, 2.45) is 0 Å². The van der Waals surface area contributed by atoms with E-state index in [0.717, 1.165) is 29.3 Å². The van der Waals surface area contributed by atoms with Crippen LogP contribution < -0.4 is 5.32 Å². The summed E-state index contributed by atoms with van der Waals surface area (Å²) in [6, 6.07) is 5.88. The first kappa shape index (κ1) is 15.2. The molecule has 1 amide bonds. The minimum absolute atomic E-state index is 0.0457. The first-order valence-electron chi connectivity index (χ1n) is 7.77. The number of benzene rings is 1. The van der Waals surface area contributed by atoms with E-state index in [2.05, 4.69) is 50.8 Å². The molecular weight excluding hydrogens is 292 g/mol. The summed E-state index contributed by atoms with van der Waals surface area (Å²) < 4.78 is 0. The number of carbonyl (C=O) groups excluding carboxylic acids is 1. The molecule has 0 aliphatic carbocycles. The molecule has 0 bridgehead atoms. The van der Waals surface area contributed by atoms with Gasteiger partial charge in [-0.1, -0.05) is 36.8 Å². The molecular formula is C16H20N6O. The summed E-state index contributed by atoms with van der Waals surface area (Å²) in [4.78, 5) is 15.7. The third-order valence-corrected chi connectivity index (χ3v) is 3.95. The lowest BCUT2D eigenvalue weighted by molar-refractivity contribution is -0.121. The molecule has 2 aromatic heterocycles. The van der Waals surface area contributed by atoms with Crippen molar-refractivity contribution in [2.45, 2.75) is 39.2 Å². The molecule has 23 heavy (non-hydrogen) atoms. The van der Waals surface area contributed by atoms with E-state index in [1.54, 1.807) is 0 Å². The highest BCUT2D eigenvalue weighted by Crippen LogP contribution is 2.22. The van der Waals surface area contributed by atoms with E-state index in [-0.39, 0.29) is 11.9 Å².